The first-order valence-corrected chi connectivity index (χ1v) is 6.71. The Kier molecular flexibility index (Phi) is 3.86. The zero-order valence-electron chi connectivity index (χ0n) is 10.4. The number of nitrogens with zero attached hydrogens (tertiary/aromatic N) is 2. The fraction of sp³-hybridized carbons (Fsp3) is 0.417. The fourth-order valence-corrected chi connectivity index (χ4v) is 2.70. The molecule has 2 atom stereocenters. The lowest BCUT2D eigenvalue weighted by Gasteiger charge is -2.23. The average Bonchev–Trinajstić information content (AvgIpc) is 2.68. The first kappa shape index (κ1) is 14.0. The summed E-state index contributed by atoms with van der Waals surface area (Å²) < 4.78 is 0.515. The number of hydrogen-bond acceptors (Lipinski definition) is 4. The number of benzene rings is 1. The Morgan fingerprint density at radius 1 is 1.53 bits per heavy atom. The molecule has 0 aromatic heterocycles. The summed E-state index contributed by atoms with van der Waals surface area (Å²) in [7, 11) is 0. The maximum Gasteiger partial charge on any atom is 0.271 e. The van der Waals surface area contributed by atoms with Gasteiger partial charge in [0.2, 0.25) is 0 Å². The Morgan fingerprint density at radius 3 is 2.74 bits per heavy atom. The van der Waals surface area contributed by atoms with Gasteiger partial charge >= 0.3 is 0 Å². The molecule has 1 fully saturated rings. The van der Waals surface area contributed by atoms with Gasteiger partial charge in [-0.1, -0.05) is 15.9 Å². The Bertz CT molecular complexity index is 535. The number of hydrogen-bond donors (Lipinski definition) is 1. The topological polar surface area (TPSA) is 89.5 Å². The lowest BCUT2D eigenvalue weighted by molar-refractivity contribution is -0.385. The number of likely N-dealkylation sites (tertiary alicyclic amines) is 1. The number of halogens is 1. The number of nitro groups is 1. The van der Waals surface area contributed by atoms with Crippen LogP contribution in [0.15, 0.2) is 22.7 Å². The molecule has 1 heterocycles. The van der Waals surface area contributed by atoms with Crippen molar-refractivity contribution in [2.45, 2.75) is 25.4 Å². The van der Waals surface area contributed by atoms with Gasteiger partial charge in [0.25, 0.3) is 11.6 Å². The van der Waals surface area contributed by atoms with Gasteiger partial charge in [0.1, 0.15) is 0 Å². The summed E-state index contributed by atoms with van der Waals surface area (Å²) in [4.78, 5) is 24.3. The maximum absolute atomic E-state index is 12.4. The van der Waals surface area contributed by atoms with E-state index in [-0.39, 0.29) is 23.7 Å². The molecule has 1 aliphatic rings. The summed E-state index contributed by atoms with van der Waals surface area (Å²) in [6, 6.07) is 4.17. The van der Waals surface area contributed by atoms with E-state index in [1.165, 1.54) is 12.1 Å². The Morgan fingerprint density at radius 2 is 2.21 bits per heavy atom. The van der Waals surface area contributed by atoms with Crippen LogP contribution in [-0.2, 0) is 0 Å². The molecule has 6 nitrogen and oxygen atoms in total. The third-order valence-electron chi connectivity index (χ3n) is 3.42. The van der Waals surface area contributed by atoms with Crippen molar-refractivity contribution in [3.05, 3.63) is 38.3 Å². The second-order valence-corrected chi connectivity index (χ2v) is 5.56. The minimum Gasteiger partial charge on any atom is -0.334 e. The van der Waals surface area contributed by atoms with Crippen LogP contribution in [0.3, 0.4) is 0 Å². The highest BCUT2D eigenvalue weighted by Gasteiger charge is 2.32. The predicted octanol–water partition coefficient (Wildman–Crippen LogP) is 1.92. The summed E-state index contributed by atoms with van der Waals surface area (Å²) in [5, 5.41) is 10.8. The SMILES string of the molecule is CC1C(N)CCN1C(=O)c1cc(Br)cc([N+](=O)[O-])c1. The smallest absolute Gasteiger partial charge is 0.271 e. The number of non-ortho nitro benzene ring substituents is 1. The van der Waals surface area contributed by atoms with Crippen molar-refractivity contribution >= 4 is 27.5 Å². The van der Waals surface area contributed by atoms with Gasteiger partial charge in [-0.15, -0.1) is 0 Å². The molecule has 1 amide bonds. The normalized spacial score (nSPS) is 22.6. The molecule has 102 valence electrons. The van der Waals surface area contributed by atoms with E-state index in [0.717, 1.165) is 6.42 Å². The zero-order chi connectivity index (χ0) is 14.2. The van der Waals surface area contributed by atoms with Crippen LogP contribution >= 0.6 is 15.9 Å². The standard InChI is InChI=1S/C12H14BrN3O3/c1-7-11(14)2-3-15(7)12(17)8-4-9(13)6-10(5-8)16(18)19/h4-7,11H,2-3,14H2,1H3. The van der Waals surface area contributed by atoms with Crippen molar-refractivity contribution in [3.8, 4) is 0 Å². The molecule has 1 aliphatic heterocycles. The number of nitrogens with two attached hydrogens (primary N) is 1. The van der Waals surface area contributed by atoms with Gasteiger partial charge in [-0.25, -0.2) is 0 Å². The molecule has 2 unspecified atom stereocenters. The molecule has 0 saturated carbocycles. The van der Waals surface area contributed by atoms with Crippen molar-refractivity contribution in [3.63, 3.8) is 0 Å². The molecular weight excluding hydrogens is 314 g/mol. The molecule has 0 bridgehead atoms. The molecule has 19 heavy (non-hydrogen) atoms. The van der Waals surface area contributed by atoms with Gasteiger partial charge in [0.15, 0.2) is 0 Å². The van der Waals surface area contributed by atoms with E-state index in [1.54, 1.807) is 11.0 Å². The molecule has 1 aromatic carbocycles. The molecule has 0 spiro atoms. The quantitative estimate of drug-likeness (QED) is 0.663. The first-order chi connectivity index (χ1) is 8.90. The third-order valence-corrected chi connectivity index (χ3v) is 3.87. The second kappa shape index (κ2) is 5.26. The fourth-order valence-electron chi connectivity index (χ4n) is 2.22. The predicted molar refractivity (Wildman–Crippen MR) is 73.9 cm³/mol. The van der Waals surface area contributed by atoms with Crippen LogP contribution in [0, 0.1) is 10.1 Å². The summed E-state index contributed by atoms with van der Waals surface area (Å²) in [5.74, 6) is -0.218. The summed E-state index contributed by atoms with van der Waals surface area (Å²) in [5.41, 5.74) is 6.09. The number of carbonyl (C=O) groups is 1. The van der Waals surface area contributed by atoms with Crippen LogP contribution in [0.25, 0.3) is 0 Å². The number of amides is 1. The lowest BCUT2D eigenvalue weighted by atomic mass is 10.1. The van der Waals surface area contributed by atoms with E-state index in [1.807, 2.05) is 6.92 Å². The second-order valence-electron chi connectivity index (χ2n) is 4.65. The molecular formula is C12H14BrN3O3. The van der Waals surface area contributed by atoms with Crippen LogP contribution in [0.5, 0.6) is 0 Å². The van der Waals surface area contributed by atoms with E-state index >= 15 is 0 Å². The third kappa shape index (κ3) is 2.76. The number of carbonyl (C=O) groups excluding carboxylic acids is 1. The van der Waals surface area contributed by atoms with Crippen LogP contribution < -0.4 is 5.73 Å². The van der Waals surface area contributed by atoms with E-state index < -0.39 is 4.92 Å². The van der Waals surface area contributed by atoms with Crippen LogP contribution in [-0.4, -0.2) is 34.4 Å². The number of rotatable bonds is 2. The highest BCUT2D eigenvalue weighted by atomic mass is 79.9. The molecule has 2 N–H and O–H groups in total. The average molecular weight is 328 g/mol. The van der Waals surface area contributed by atoms with E-state index in [2.05, 4.69) is 15.9 Å². The van der Waals surface area contributed by atoms with Gasteiger partial charge in [-0.2, -0.15) is 0 Å². The van der Waals surface area contributed by atoms with E-state index in [9.17, 15) is 14.9 Å². The van der Waals surface area contributed by atoms with Crippen LogP contribution in [0.2, 0.25) is 0 Å². The molecule has 1 saturated heterocycles. The monoisotopic (exact) mass is 327 g/mol. The molecule has 0 aliphatic carbocycles. The summed E-state index contributed by atoms with van der Waals surface area (Å²) >= 11 is 3.19. The zero-order valence-corrected chi connectivity index (χ0v) is 12.0. The maximum atomic E-state index is 12.4. The minimum atomic E-state index is -0.513. The largest absolute Gasteiger partial charge is 0.334 e. The van der Waals surface area contributed by atoms with Gasteiger partial charge in [-0.05, 0) is 19.4 Å². The minimum absolute atomic E-state index is 0.0360. The summed E-state index contributed by atoms with van der Waals surface area (Å²) in [6.45, 7) is 2.48. The van der Waals surface area contributed by atoms with Gasteiger partial charge < -0.3 is 10.6 Å². The van der Waals surface area contributed by atoms with Gasteiger partial charge in [0, 0.05) is 40.8 Å². The van der Waals surface area contributed by atoms with Crippen LogP contribution in [0.4, 0.5) is 5.69 Å². The molecule has 7 heteroatoms. The summed E-state index contributed by atoms with van der Waals surface area (Å²) in [6.07, 6.45) is 0.753. The highest BCUT2D eigenvalue weighted by molar-refractivity contribution is 9.10. The van der Waals surface area contributed by atoms with E-state index in [0.29, 0.717) is 16.6 Å². The molecule has 2 rings (SSSR count). The Hall–Kier alpha value is -1.47. The lowest BCUT2D eigenvalue weighted by Crippen LogP contribution is -2.40. The van der Waals surface area contributed by atoms with Gasteiger partial charge in [0.05, 0.1) is 4.92 Å². The molecule has 1 aromatic rings. The number of nitro benzene ring substituents is 1. The van der Waals surface area contributed by atoms with Crippen molar-refractivity contribution in [1.82, 2.24) is 4.90 Å². The van der Waals surface area contributed by atoms with Crippen molar-refractivity contribution in [2.75, 3.05) is 6.54 Å². The van der Waals surface area contributed by atoms with Crippen LogP contribution in [0.1, 0.15) is 23.7 Å². The van der Waals surface area contributed by atoms with E-state index in [4.69, 9.17) is 5.73 Å². The first-order valence-electron chi connectivity index (χ1n) is 5.91. The van der Waals surface area contributed by atoms with Crippen molar-refractivity contribution in [2.24, 2.45) is 5.73 Å². The highest BCUT2D eigenvalue weighted by Crippen LogP contribution is 2.25. The van der Waals surface area contributed by atoms with Crippen molar-refractivity contribution < 1.29 is 9.72 Å². The van der Waals surface area contributed by atoms with Crippen molar-refractivity contribution in [1.29, 1.82) is 0 Å². The van der Waals surface area contributed by atoms with Gasteiger partial charge in [-0.3, -0.25) is 14.9 Å². The molecule has 0 radical (unpaired) electrons. The Balaban J connectivity index is 2.31. The Labute approximate surface area is 118 Å².